The smallest absolute Gasteiger partial charge is 0.163 e. The summed E-state index contributed by atoms with van der Waals surface area (Å²) in [5.74, 6) is 6.30. The normalized spacial score (nSPS) is 29.9. The van der Waals surface area contributed by atoms with Gasteiger partial charge in [0.05, 0.1) is 0 Å². The average molecular weight is 280 g/mol. The van der Waals surface area contributed by atoms with Gasteiger partial charge in [-0.25, -0.2) is 8.78 Å². The molecule has 0 aliphatic heterocycles. The number of rotatable bonds is 4. The minimum atomic E-state index is -0.754. The molecule has 4 unspecified atom stereocenters. The van der Waals surface area contributed by atoms with Crippen molar-refractivity contribution in [2.24, 2.45) is 23.6 Å². The molecule has 2 nitrogen and oxygen atoms in total. The van der Waals surface area contributed by atoms with Gasteiger partial charge in [0.2, 0.25) is 0 Å². The first kappa shape index (κ1) is 14.0. The first-order chi connectivity index (χ1) is 9.60. The van der Waals surface area contributed by atoms with Crippen LogP contribution in [0.3, 0.4) is 0 Å². The molecule has 110 valence electrons. The van der Waals surface area contributed by atoms with Crippen LogP contribution in [0.1, 0.15) is 49.3 Å². The molecule has 0 aromatic heterocycles. The van der Waals surface area contributed by atoms with Gasteiger partial charge in [-0.1, -0.05) is 18.6 Å². The highest BCUT2D eigenvalue weighted by Crippen LogP contribution is 2.51. The number of fused-ring (bicyclic) bond motifs is 2. The Hall–Kier alpha value is -1.00. The molecule has 4 atom stereocenters. The Morgan fingerprint density at radius 2 is 2.05 bits per heavy atom. The predicted octanol–water partition coefficient (Wildman–Crippen LogP) is 3.60. The van der Waals surface area contributed by atoms with Gasteiger partial charge in [-0.2, -0.15) is 0 Å². The molecule has 4 heteroatoms. The first-order valence-corrected chi connectivity index (χ1v) is 7.50. The Labute approximate surface area is 118 Å². The van der Waals surface area contributed by atoms with E-state index in [4.69, 9.17) is 5.84 Å². The van der Waals surface area contributed by atoms with Crippen LogP contribution >= 0.6 is 0 Å². The molecule has 2 bridgehead atoms. The summed E-state index contributed by atoms with van der Waals surface area (Å²) in [5.41, 5.74) is 3.38. The van der Waals surface area contributed by atoms with E-state index < -0.39 is 11.6 Å². The van der Waals surface area contributed by atoms with Gasteiger partial charge < -0.3 is 0 Å². The summed E-state index contributed by atoms with van der Waals surface area (Å²) < 4.78 is 27.8. The van der Waals surface area contributed by atoms with Crippen molar-refractivity contribution >= 4 is 0 Å². The van der Waals surface area contributed by atoms with Gasteiger partial charge in [0, 0.05) is 11.6 Å². The maximum Gasteiger partial charge on any atom is 0.163 e. The third-order valence-electron chi connectivity index (χ3n) is 5.30. The number of hydrogen-bond acceptors (Lipinski definition) is 2. The number of nitrogens with one attached hydrogen (secondary N) is 1. The molecule has 0 spiro atoms. The summed E-state index contributed by atoms with van der Waals surface area (Å²) in [6.45, 7) is 1.57. The topological polar surface area (TPSA) is 38.0 Å². The number of hydrazine groups is 1. The number of aryl methyl sites for hydroxylation is 1. The number of halogens is 2. The number of hydrogen-bond donors (Lipinski definition) is 2. The summed E-state index contributed by atoms with van der Waals surface area (Å²) in [7, 11) is 0. The zero-order valence-corrected chi connectivity index (χ0v) is 11.8. The van der Waals surface area contributed by atoms with Crippen LogP contribution in [0, 0.1) is 36.3 Å². The van der Waals surface area contributed by atoms with Gasteiger partial charge in [-0.15, -0.1) is 0 Å². The molecule has 2 aliphatic carbocycles. The summed E-state index contributed by atoms with van der Waals surface area (Å²) >= 11 is 0. The molecule has 0 heterocycles. The number of nitrogens with two attached hydrogens (primary N) is 1. The highest BCUT2D eigenvalue weighted by molar-refractivity contribution is 5.28. The van der Waals surface area contributed by atoms with Gasteiger partial charge in [0.15, 0.2) is 11.6 Å². The zero-order chi connectivity index (χ0) is 14.3. The summed E-state index contributed by atoms with van der Waals surface area (Å²) in [5, 5.41) is 0. The van der Waals surface area contributed by atoms with E-state index in [9.17, 15) is 8.78 Å². The fourth-order valence-corrected chi connectivity index (χ4v) is 4.18. The van der Waals surface area contributed by atoms with E-state index in [-0.39, 0.29) is 6.04 Å². The fourth-order valence-electron chi connectivity index (χ4n) is 4.18. The van der Waals surface area contributed by atoms with Crippen molar-refractivity contribution in [3.05, 3.63) is 34.9 Å². The minimum absolute atomic E-state index is 0.297. The largest absolute Gasteiger partial charge is 0.271 e. The van der Waals surface area contributed by atoms with E-state index >= 15 is 0 Å². The maximum atomic E-state index is 14.1. The second-order valence-corrected chi connectivity index (χ2v) is 6.49. The van der Waals surface area contributed by atoms with E-state index in [1.165, 1.54) is 25.7 Å². The lowest BCUT2D eigenvalue weighted by Crippen LogP contribution is -2.31. The molecule has 20 heavy (non-hydrogen) atoms. The van der Waals surface area contributed by atoms with Crippen LogP contribution in [0.25, 0.3) is 0 Å². The molecule has 0 radical (unpaired) electrons. The van der Waals surface area contributed by atoms with E-state index in [0.717, 1.165) is 18.3 Å². The van der Waals surface area contributed by atoms with E-state index in [2.05, 4.69) is 5.43 Å². The SMILES string of the molecule is Cc1ccc(C(CC2CC3CCC2C3)NN)c(F)c1F. The average Bonchev–Trinajstić information content (AvgIpc) is 3.05. The monoisotopic (exact) mass is 280 g/mol. The van der Waals surface area contributed by atoms with Crippen molar-refractivity contribution in [3.63, 3.8) is 0 Å². The molecular weight excluding hydrogens is 258 g/mol. The first-order valence-electron chi connectivity index (χ1n) is 7.50. The lowest BCUT2D eigenvalue weighted by Gasteiger charge is -2.27. The van der Waals surface area contributed by atoms with Crippen molar-refractivity contribution in [1.82, 2.24) is 5.43 Å². The lowest BCUT2D eigenvalue weighted by atomic mass is 9.82. The van der Waals surface area contributed by atoms with Gasteiger partial charge in [0.1, 0.15) is 0 Å². The fraction of sp³-hybridized carbons (Fsp3) is 0.625. The lowest BCUT2D eigenvalue weighted by molar-refractivity contribution is 0.276. The highest BCUT2D eigenvalue weighted by Gasteiger charge is 2.40. The molecule has 3 rings (SSSR count). The molecule has 2 aliphatic rings. The molecular formula is C16H22F2N2. The third-order valence-corrected chi connectivity index (χ3v) is 5.30. The molecule has 1 aromatic rings. The van der Waals surface area contributed by atoms with Gasteiger partial charge >= 0.3 is 0 Å². The van der Waals surface area contributed by atoms with Crippen LogP contribution in [0.2, 0.25) is 0 Å². The second-order valence-electron chi connectivity index (χ2n) is 6.49. The zero-order valence-electron chi connectivity index (χ0n) is 11.8. The maximum absolute atomic E-state index is 14.1. The van der Waals surface area contributed by atoms with E-state index in [1.54, 1.807) is 19.1 Å². The van der Waals surface area contributed by atoms with Crippen molar-refractivity contribution < 1.29 is 8.78 Å². The molecule has 3 N–H and O–H groups in total. The second kappa shape index (κ2) is 5.41. The Morgan fingerprint density at radius 3 is 2.65 bits per heavy atom. The van der Waals surface area contributed by atoms with Crippen LogP contribution in [-0.2, 0) is 0 Å². The Balaban J connectivity index is 1.78. The van der Waals surface area contributed by atoms with Crippen molar-refractivity contribution in [1.29, 1.82) is 0 Å². The molecule has 2 fully saturated rings. The third kappa shape index (κ3) is 2.35. The highest BCUT2D eigenvalue weighted by atomic mass is 19.2. The molecule has 0 amide bonds. The van der Waals surface area contributed by atoms with E-state index in [1.807, 2.05) is 0 Å². The van der Waals surface area contributed by atoms with Gasteiger partial charge in [0.25, 0.3) is 0 Å². The number of benzene rings is 1. The van der Waals surface area contributed by atoms with Crippen molar-refractivity contribution in [2.75, 3.05) is 0 Å². The van der Waals surface area contributed by atoms with Crippen LogP contribution in [-0.4, -0.2) is 0 Å². The van der Waals surface area contributed by atoms with Gasteiger partial charge in [-0.05, 0) is 55.9 Å². The summed E-state index contributed by atoms with van der Waals surface area (Å²) in [6.07, 6.45) is 5.97. The van der Waals surface area contributed by atoms with Crippen molar-refractivity contribution in [3.8, 4) is 0 Å². The van der Waals surface area contributed by atoms with Gasteiger partial charge in [-0.3, -0.25) is 11.3 Å². The molecule has 2 saturated carbocycles. The van der Waals surface area contributed by atoms with Crippen LogP contribution < -0.4 is 11.3 Å². The standard InChI is InChI=1S/C16H22F2N2/c1-9-2-5-13(16(18)15(9)17)14(20-19)8-12-7-10-3-4-11(12)6-10/h2,5,10-12,14,20H,3-4,6-8,19H2,1H3. The van der Waals surface area contributed by atoms with Crippen LogP contribution in [0.15, 0.2) is 12.1 Å². The Morgan fingerprint density at radius 1 is 1.25 bits per heavy atom. The summed E-state index contributed by atoms with van der Waals surface area (Å²) in [4.78, 5) is 0. The molecule has 0 saturated heterocycles. The van der Waals surface area contributed by atoms with E-state index in [0.29, 0.717) is 17.0 Å². The van der Waals surface area contributed by atoms with Crippen LogP contribution in [0.5, 0.6) is 0 Å². The Bertz CT molecular complexity index is 503. The summed E-state index contributed by atoms with van der Waals surface area (Å²) in [6, 6.07) is 2.99. The molecule has 1 aromatic carbocycles. The Kier molecular flexibility index (Phi) is 3.78. The predicted molar refractivity (Wildman–Crippen MR) is 74.7 cm³/mol. The quantitative estimate of drug-likeness (QED) is 0.653. The minimum Gasteiger partial charge on any atom is -0.271 e. The van der Waals surface area contributed by atoms with Crippen LogP contribution in [0.4, 0.5) is 8.78 Å². The van der Waals surface area contributed by atoms with Crippen molar-refractivity contribution in [2.45, 2.75) is 45.1 Å².